The summed E-state index contributed by atoms with van der Waals surface area (Å²) in [6.07, 6.45) is 2.81. The average Bonchev–Trinajstić information content (AvgIpc) is 3.13. The number of anilines is 1. The van der Waals surface area contributed by atoms with Crippen LogP contribution in [-0.2, 0) is 27.2 Å². The zero-order valence-electron chi connectivity index (χ0n) is 16.6. The number of thiophene rings is 1. The van der Waals surface area contributed by atoms with Gasteiger partial charge in [-0.3, -0.25) is 9.59 Å². The quantitative estimate of drug-likeness (QED) is 0.538. The van der Waals surface area contributed by atoms with Gasteiger partial charge in [-0.1, -0.05) is 0 Å². The van der Waals surface area contributed by atoms with Gasteiger partial charge in [0.25, 0.3) is 11.8 Å². The fourth-order valence-electron chi connectivity index (χ4n) is 3.22. The van der Waals surface area contributed by atoms with Crippen LogP contribution >= 0.6 is 11.3 Å². The molecule has 0 fully saturated rings. The van der Waals surface area contributed by atoms with E-state index in [2.05, 4.69) is 10.6 Å². The molecule has 0 saturated carbocycles. The number of carbonyl (C=O) groups is 3. The average molecular weight is 397 g/mol. The fraction of sp³-hybridized carbons (Fsp3) is 0.632. The van der Waals surface area contributed by atoms with E-state index in [4.69, 9.17) is 4.74 Å². The Kier molecular flexibility index (Phi) is 7.79. The van der Waals surface area contributed by atoms with E-state index >= 15 is 0 Å². The second-order valence-corrected chi connectivity index (χ2v) is 8.11. The highest BCUT2D eigenvalue weighted by Crippen LogP contribution is 2.39. The van der Waals surface area contributed by atoms with E-state index in [1.54, 1.807) is 6.92 Å². The molecule has 0 aromatic carbocycles. The Balaban J connectivity index is 2.04. The molecular weight excluding hydrogens is 366 g/mol. The first-order valence-electron chi connectivity index (χ1n) is 9.60. The Morgan fingerprint density at radius 3 is 2.48 bits per heavy atom. The first-order valence-corrected chi connectivity index (χ1v) is 10.4. The lowest BCUT2D eigenvalue weighted by Crippen LogP contribution is -3.14. The molecule has 1 aliphatic rings. The molecule has 1 aliphatic carbocycles. The van der Waals surface area contributed by atoms with Gasteiger partial charge in [-0.05, 0) is 52.5 Å². The van der Waals surface area contributed by atoms with E-state index in [0.717, 1.165) is 34.6 Å². The molecule has 1 heterocycles. The number of hydrogen-bond acceptors (Lipinski definition) is 5. The summed E-state index contributed by atoms with van der Waals surface area (Å²) in [7, 11) is 0. The zero-order chi connectivity index (χ0) is 20.0. The fourth-order valence-corrected chi connectivity index (χ4v) is 4.52. The highest BCUT2D eigenvalue weighted by Gasteiger charge is 2.29. The van der Waals surface area contributed by atoms with Gasteiger partial charge in [-0.25, -0.2) is 4.79 Å². The summed E-state index contributed by atoms with van der Waals surface area (Å²) >= 11 is 1.47. The molecule has 3 N–H and O–H groups in total. The minimum absolute atomic E-state index is 0.0723. The second kappa shape index (κ2) is 9.85. The van der Waals surface area contributed by atoms with Crippen molar-refractivity contribution in [2.75, 3.05) is 31.6 Å². The number of esters is 1. The molecule has 1 aromatic rings. The van der Waals surface area contributed by atoms with Crippen molar-refractivity contribution in [3.05, 3.63) is 16.0 Å². The third kappa shape index (κ3) is 5.77. The van der Waals surface area contributed by atoms with Gasteiger partial charge < -0.3 is 20.3 Å². The van der Waals surface area contributed by atoms with E-state index in [9.17, 15) is 14.4 Å². The molecule has 0 aliphatic heterocycles. The first kappa shape index (κ1) is 21.4. The van der Waals surface area contributed by atoms with Crippen molar-refractivity contribution in [2.45, 2.75) is 53.0 Å². The van der Waals surface area contributed by atoms with Crippen molar-refractivity contribution in [2.24, 2.45) is 0 Å². The molecule has 8 heteroatoms. The van der Waals surface area contributed by atoms with E-state index in [1.165, 1.54) is 11.3 Å². The Morgan fingerprint density at radius 1 is 1.15 bits per heavy atom. The molecule has 7 nitrogen and oxygen atoms in total. The van der Waals surface area contributed by atoms with Gasteiger partial charge in [0.15, 0.2) is 13.1 Å². The lowest BCUT2D eigenvalue weighted by Gasteiger charge is -2.17. The minimum atomic E-state index is -0.372. The van der Waals surface area contributed by atoms with E-state index < -0.39 is 0 Å². The summed E-state index contributed by atoms with van der Waals surface area (Å²) in [6, 6.07) is 0.0741. The Morgan fingerprint density at radius 2 is 1.85 bits per heavy atom. The number of likely N-dealkylation sites (N-methyl/N-ethyl adjacent to an activating group) is 1. The maximum atomic E-state index is 12.5. The normalized spacial score (nSPS) is 14.0. The highest BCUT2D eigenvalue weighted by atomic mass is 32.1. The van der Waals surface area contributed by atoms with Gasteiger partial charge >= 0.3 is 5.97 Å². The Labute approximate surface area is 164 Å². The van der Waals surface area contributed by atoms with Gasteiger partial charge in [0.05, 0.1) is 18.7 Å². The number of fused-ring (bicyclic) bond motifs is 1. The number of nitrogens with one attached hydrogen (secondary N) is 3. The van der Waals surface area contributed by atoms with Crippen LogP contribution in [-0.4, -0.2) is 50.1 Å². The Bertz CT molecular complexity index is 699. The lowest BCUT2D eigenvalue weighted by molar-refractivity contribution is -0.881. The molecule has 0 radical (unpaired) electrons. The number of quaternary nitrogens is 1. The molecule has 2 rings (SSSR count). The number of hydrogen-bond donors (Lipinski definition) is 3. The first-order chi connectivity index (χ1) is 12.8. The summed E-state index contributed by atoms with van der Waals surface area (Å²) < 4.78 is 5.18. The van der Waals surface area contributed by atoms with Gasteiger partial charge in [0.2, 0.25) is 0 Å². The number of aryl methyl sites for hydroxylation is 1. The third-order valence-corrected chi connectivity index (χ3v) is 5.63. The van der Waals surface area contributed by atoms with Crippen LogP contribution in [0.25, 0.3) is 0 Å². The Hall–Kier alpha value is -1.93. The molecule has 1 atom stereocenters. The topological polar surface area (TPSA) is 88.9 Å². The van der Waals surface area contributed by atoms with Crippen LogP contribution < -0.4 is 15.5 Å². The van der Waals surface area contributed by atoms with Crippen LogP contribution in [0.4, 0.5) is 5.00 Å². The van der Waals surface area contributed by atoms with Crippen LogP contribution in [0.2, 0.25) is 0 Å². The SMILES string of the molecule is CCOC(=O)c1c(NC(=O)C[NH+](CC)CC(=O)NC(C)C)sc2c1CCC2. The van der Waals surface area contributed by atoms with Crippen LogP contribution in [0, 0.1) is 0 Å². The van der Waals surface area contributed by atoms with Gasteiger partial charge in [-0.2, -0.15) is 0 Å². The number of carbonyl (C=O) groups excluding carboxylic acids is 3. The van der Waals surface area contributed by atoms with Crippen molar-refractivity contribution in [3.63, 3.8) is 0 Å². The molecule has 0 spiro atoms. The summed E-state index contributed by atoms with van der Waals surface area (Å²) in [4.78, 5) is 38.9. The predicted octanol–water partition coefficient (Wildman–Crippen LogP) is 0.781. The summed E-state index contributed by atoms with van der Waals surface area (Å²) in [5.41, 5.74) is 1.53. The van der Waals surface area contributed by atoms with E-state index in [1.807, 2.05) is 20.8 Å². The molecule has 150 valence electrons. The highest BCUT2D eigenvalue weighted by molar-refractivity contribution is 7.17. The number of amides is 2. The zero-order valence-corrected chi connectivity index (χ0v) is 17.4. The van der Waals surface area contributed by atoms with Crippen molar-refractivity contribution in [3.8, 4) is 0 Å². The van der Waals surface area contributed by atoms with Gasteiger partial charge in [-0.15, -0.1) is 11.3 Å². The van der Waals surface area contributed by atoms with E-state index in [0.29, 0.717) is 23.7 Å². The summed E-state index contributed by atoms with van der Waals surface area (Å²) in [6.45, 7) is 8.90. The standard InChI is InChI=1S/C19H29N3O4S/c1-5-22(10-15(23)20-12(3)4)11-16(24)21-18-17(19(25)26-6-2)13-8-7-9-14(13)27-18/h12H,5-11H2,1-4H3,(H,20,23)(H,21,24)/p+1. The van der Waals surface area contributed by atoms with Gasteiger partial charge in [0.1, 0.15) is 5.00 Å². The minimum Gasteiger partial charge on any atom is -0.462 e. The lowest BCUT2D eigenvalue weighted by atomic mass is 10.1. The largest absolute Gasteiger partial charge is 0.462 e. The predicted molar refractivity (Wildman–Crippen MR) is 105 cm³/mol. The van der Waals surface area contributed by atoms with Crippen LogP contribution in [0.15, 0.2) is 0 Å². The van der Waals surface area contributed by atoms with Crippen molar-refractivity contribution in [1.29, 1.82) is 0 Å². The molecule has 1 aromatic heterocycles. The molecule has 1 unspecified atom stereocenters. The van der Waals surface area contributed by atoms with Crippen molar-refractivity contribution in [1.82, 2.24) is 5.32 Å². The smallest absolute Gasteiger partial charge is 0.341 e. The molecule has 0 bridgehead atoms. The van der Waals surface area contributed by atoms with Crippen LogP contribution in [0.5, 0.6) is 0 Å². The van der Waals surface area contributed by atoms with Gasteiger partial charge in [0, 0.05) is 10.9 Å². The number of ether oxygens (including phenoxy) is 1. The molecule has 27 heavy (non-hydrogen) atoms. The van der Waals surface area contributed by atoms with Crippen LogP contribution in [0.1, 0.15) is 54.9 Å². The maximum Gasteiger partial charge on any atom is 0.341 e. The maximum absolute atomic E-state index is 12.5. The van der Waals surface area contributed by atoms with E-state index in [-0.39, 0.29) is 36.9 Å². The molecular formula is C19H30N3O4S+. The molecule has 0 saturated heterocycles. The second-order valence-electron chi connectivity index (χ2n) is 7.01. The number of rotatable bonds is 9. The third-order valence-electron chi connectivity index (χ3n) is 4.42. The molecule has 2 amide bonds. The van der Waals surface area contributed by atoms with Crippen molar-refractivity contribution >= 4 is 34.1 Å². The summed E-state index contributed by atoms with van der Waals surface area (Å²) in [5, 5.41) is 6.30. The van der Waals surface area contributed by atoms with Crippen LogP contribution in [0.3, 0.4) is 0 Å². The summed E-state index contributed by atoms with van der Waals surface area (Å²) in [5.74, 6) is -0.644. The van der Waals surface area contributed by atoms with Crippen molar-refractivity contribution < 1.29 is 24.0 Å². The monoisotopic (exact) mass is 396 g/mol.